The van der Waals surface area contributed by atoms with Gasteiger partial charge < -0.3 is 5.11 Å². The zero-order chi connectivity index (χ0) is 18.7. The van der Waals surface area contributed by atoms with Gasteiger partial charge in [0.2, 0.25) is 0 Å². The molecular weight excluding hydrogens is 350 g/mol. The minimum atomic E-state index is -0.957. The summed E-state index contributed by atoms with van der Waals surface area (Å²) in [6.07, 6.45) is 0. The molecular formula is C19H17N3O3S. The Morgan fingerprint density at radius 2 is 1.81 bits per heavy atom. The molecule has 0 aliphatic carbocycles. The number of aromatic amines is 1. The molecule has 0 aliphatic heterocycles. The molecule has 0 spiro atoms. The monoisotopic (exact) mass is 367 g/mol. The van der Waals surface area contributed by atoms with Crippen LogP contribution in [0.1, 0.15) is 27.0 Å². The maximum Gasteiger partial charge on any atom is 0.335 e. The molecule has 26 heavy (non-hydrogen) atoms. The Morgan fingerprint density at radius 3 is 2.42 bits per heavy atom. The summed E-state index contributed by atoms with van der Waals surface area (Å²) in [6, 6.07) is 12.3. The van der Waals surface area contributed by atoms with Crippen molar-refractivity contribution < 1.29 is 9.90 Å². The number of hydrogen-bond donors (Lipinski definition) is 2. The number of thioether (sulfide) groups is 1. The number of aryl methyl sites for hydroxylation is 2. The van der Waals surface area contributed by atoms with E-state index in [4.69, 9.17) is 5.11 Å². The normalized spacial score (nSPS) is 10.7. The Hall–Kier alpha value is -2.93. The number of hydrogen-bond acceptors (Lipinski definition) is 5. The standard InChI is InChI=1S/C19H17N3O3S/c1-11-3-6-15(9-12(11)2)16-17(23)20-19(22-21-16)26-10-13-4-7-14(8-5-13)18(24)25/h3-9H,10H2,1-2H3,(H,24,25)(H,20,22,23). The Kier molecular flexibility index (Phi) is 5.18. The number of nitrogens with zero attached hydrogens (tertiary/aromatic N) is 2. The van der Waals surface area contributed by atoms with Crippen molar-refractivity contribution in [1.82, 2.24) is 15.2 Å². The molecule has 1 heterocycles. The fraction of sp³-hybridized carbons (Fsp3) is 0.158. The van der Waals surface area contributed by atoms with Gasteiger partial charge in [0.05, 0.1) is 5.56 Å². The third-order valence-corrected chi connectivity index (χ3v) is 4.97. The van der Waals surface area contributed by atoms with E-state index in [0.717, 1.165) is 22.3 Å². The zero-order valence-electron chi connectivity index (χ0n) is 14.3. The van der Waals surface area contributed by atoms with Crippen LogP contribution in [0.2, 0.25) is 0 Å². The van der Waals surface area contributed by atoms with Crippen molar-refractivity contribution in [2.24, 2.45) is 0 Å². The molecule has 7 heteroatoms. The fourth-order valence-electron chi connectivity index (χ4n) is 2.36. The van der Waals surface area contributed by atoms with E-state index >= 15 is 0 Å². The van der Waals surface area contributed by atoms with Gasteiger partial charge in [-0.15, -0.1) is 10.2 Å². The van der Waals surface area contributed by atoms with Crippen molar-refractivity contribution in [3.05, 3.63) is 75.1 Å². The topological polar surface area (TPSA) is 95.9 Å². The number of benzene rings is 2. The lowest BCUT2D eigenvalue weighted by atomic mass is 10.0. The lowest BCUT2D eigenvalue weighted by Crippen LogP contribution is -2.14. The van der Waals surface area contributed by atoms with E-state index in [1.807, 2.05) is 32.0 Å². The second-order valence-electron chi connectivity index (χ2n) is 5.90. The average molecular weight is 367 g/mol. The van der Waals surface area contributed by atoms with Gasteiger partial charge in [-0.1, -0.05) is 36.0 Å². The Balaban J connectivity index is 1.74. The molecule has 0 fully saturated rings. The highest BCUT2D eigenvalue weighted by atomic mass is 32.2. The highest BCUT2D eigenvalue weighted by molar-refractivity contribution is 7.98. The van der Waals surface area contributed by atoms with Gasteiger partial charge in [-0.3, -0.25) is 9.78 Å². The molecule has 0 saturated heterocycles. The van der Waals surface area contributed by atoms with Gasteiger partial charge in [-0.2, -0.15) is 0 Å². The smallest absolute Gasteiger partial charge is 0.335 e. The second kappa shape index (κ2) is 7.53. The lowest BCUT2D eigenvalue weighted by Gasteiger charge is -2.05. The molecule has 0 saturated carbocycles. The fourth-order valence-corrected chi connectivity index (χ4v) is 3.12. The van der Waals surface area contributed by atoms with Crippen LogP contribution in [0.4, 0.5) is 0 Å². The van der Waals surface area contributed by atoms with E-state index in [1.165, 1.54) is 11.8 Å². The molecule has 1 aromatic heterocycles. The van der Waals surface area contributed by atoms with Crippen molar-refractivity contribution in [2.45, 2.75) is 24.8 Å². The van der Waals surface area contributed by atoms with E-state index in [9.17, 15) is 9.59 Å². The summed E-state index contributed by atoms with van der Waals surface area (Å²) in [4.78, 5) is 25.9. The van der Waals surface area contributed by atoms with Crippen LogP contribution in [-0.4, -0.2) is 26.3 Å². The maximum absolute atomic E-state index is 12.3. The van der Waals surface area contributed by atoms with E-state index < -0.39 is 5.97 Å². The molecule has 3 aromatic rings. The number of nitrogens with one attached hydrogen (secondary N) is 1. The summed E-state index contributed by atoms with van der Waals surface area (Å²) in [5.41, 5.74) is 4.16. The van der Waals surface area contributed by atoms with E-state index in [2.05, 4.69) is 15.2 Å². The van der Waals surface area contributed by atoms with Gasteiger partial charge in [0, 0.05) is 11.3 Å². The molecule has 0 aliphatic rings. The molecule has 0 radical (unpaired) electrons. The first kappa shape index (κ1) is 17.9. The molecule has 2 aromatic carbocycles. The third-order valence-electron chi connectivity index (χ3n) is 4.03. The molecule has 3 rings (SSSR count). The maximum atomic E-state index is 12.3. The predicted molar refractivity (Wildman–Crippen MR) is 101 cm³/mol. The van der Waals surface area contributed by atoms with Crippen LogP contribution >= 0.6 is 11.8 Å². The summed E-state index contributed by atoms with van der Waals surface area (Å²) in [5, 5.41) is 17.5. The van der Waals surface area contributed by atoms with Crippen LogP contribution in [0.3, 0.4) is 0 Å². The number of aromatic nitrogens is 3. The first-order chi connectivity index (χ1) is 12.4. The molecule has 0 bridgehead atoms. The number of carbonyl (C=O) groups is 1. The van der Waals surface area contributed by atoms with Crippen LogP contribution in [0, 0.1) is 13.8 Å². The Bertz CT molecular complexity index is 1010. The summed E-state index contributed by atoms with van der Waals surface area (Å²) in [7, 11) is 0. The zero-order valence-corrected chi connectivity index (χ0v) is 15.1. The summed E-state index contributed by atoms with van der Waals surface area (Å²) in [5.74, 6) is -0.408. The average Bonchev–Trinajstić information content (AvgIpc) is 2.63. The molecule has 6 nitrogen and oxygen atoms in total. The van der Waals surface area contributed by atoms with Crippen molar-refractivity contribution in [3.8, 4) is 11.3 Å². The lowest BCUT2D eigenvalue weighted by molar-refractivity contribution is 0.0697. The highest BCUT2D eigenvalue weighted by Gasteiger charge is 2.09. The SMILES string of the molecule is Cc1ccc(-c2nnc(SCc3ccc(C(=O)O)cc3)[nH]c2=O)cc1C. The van der Waals surface area contributed by atoms with E-state index in [0.29, 0.717) is 16.6 Å². The summed E-state index contributed by atoms with van der Waals surface area (Å²) >= 11 is 1.33. The van der Waals surface area contributed by atoms with Crippen LogP contribution in [0.15, 0.2) is 52.4 Å². The van der Waals surface area contributed by atoms with Gasteiger partial charge >= 0.3 is 5.97 Å². The third kappa shape index (κ3) is 4.00. The molecule has 0 atom stereocenters. The van der Waals surface area contributed by atoms with Crippen molar-refractivity contribution in [3.63, 3.8) is 0 Å². The van der Waals surface area contributed by atoms with Crippen LogP contribution in [-0.2, 0) is 5.75 Å². The highest BCUT2D eigenvalue weighted by Crippen LogP contribution is 2.20. The van der Waals surface area contributed by atoms with Crippen LogP contribution in [0.5, 0.6) is 0 Å². The Morgan fingerprint density at radius 1 is 1.08 bits per heavy atom. The number of aromatic carboxylic acids is 1. The van der Waals surface area contributed by atoms with Gasteiger partial charge in [-0.05, 0) is 48.7 Å². The molecule has 0 amide bonds. The van der Waals surface area contributed by atoms with Gasteiger partial charge in [0.15, 0.2) is 10.9 Å². The molecule has 132 valence electrons. The minimum absolute atomic E-state index is 0.240. The van der Waals surface area contributed by atoms with Gasteiger partial charge in [-0.25, -0.2) is 4.79 Å². The quantitative estimate of drug-likeness (QED) is 0.671. The van der Waals surface area contributed by atoms with E-state index in [1.54, 1.807) is 24.3 Å². The first-order valence-electron chi connectivity index (χ1n) is 7.93. The number of carboxylic acids is 1. The predicted octanol–water partition coefficient (Wildman–Crippen LogP) is 3.44. The van der Waals surface area contributed by atoms with E-state index in [-0.39, 0.29) is 11.1 Å². The summed E-state index contributed by atoms with van der Waals surface area (Å²) < 4.78 is 0. The minimum Gasteiger partial charge on any atom is -0.478 e. The van der Waals surface area contributed by atoms with Crippen molar-refractivity contribution in [2.75, 3.05) is 0 Å². The second-order valence-corrected chi connectivity index (χ2v) is 6.86. The first-order valence-corrected chi connectivity index (χ1v) is 8.92. The van der Waals surface area contributed by atoms with Crippen molar-refractivity contribution in [1.29, 1.82) is 0 Å². The van der Waals surface area contributed by atoms with Gasteiger partial charge in [0.1, 0.15) is 0 Å². The number of H-pyrrole nitrogens is 1. The molecule has 2 N–H and O–H groups in total. The Labute approximate surface area is 154 Å². The number of rotatable bonds is 5. The largest absolute Gasteiger partial charge is 0.478 e. The van der Waals surface area contributed by atoms with Gasteiger partial charge in [0.25, 0.3) is 5.56 Å². The number of carboxylic acid groups (broad SMARTS) is 1. The molecule has 0 unspecified atom stereocenters. The van der Waals surface area contributed by atoms with Crippen LogP contribution in [0.25, 0.3) is 11.3 Å². The van der Waals surface area contributed by atoms with Crippen LogP contribution < -0.4 is 5.56 Å². The van der Waals surface area contributed by atoms with Crippen molar-refractivity contribution >= 4 is 17.7 Å². The summed E-state index contributed by atoms with van der Waals surface area (Å²) in [6.45, 7) is 4.00.